The van der Waals surface area contributed by atoms with Crippen LogP contribution in [0.5, 0.6) is 11.5 Å². The van der Waals surface area contributed by atoms with Crippen LogP contribution >= 0.6 is 0 Å². The molecule has 1 atom stereocenters. The Balaban J connectivity index is 1.62. The first-order valence-corrected chi connectivity index (χ1v) is 11.1. The minimum Gasteiger partial charge on any atom is -0.486 e. The topological polar surface area (TPSA) is 84.9 Å². The van der Waals surface area contributed by atoms with Gasteiger partial charge in [0.15, 0.2) is 11.5 Å². The van der Waals surface area contributed by atoms with Gasteiger partial charge in [-0.2, -0.15) is 4.31 Å². The molecule has 0 saturated carbocycles. The first kappa shape index (κ1) is 19.9. The van der Waals surface area contributed by atoms with Gasteiger partial charge in [-0.05, 0) is 38.3 Å². The number of carbonyl (C=O) groups excluding carboxylic acids is 1. The van der Waals surface area contributed by atoms with E-state index in [0.29, 0.717) is 50.6 Å². The average Bonchev–Trinajstić information content (AvgIpc) is 2.67. The third-order valence-corrected chi connectivity index (χ3v) is 6.98. The van der Waals surface area contributed by atoms with Crippen molar-refractivity contribution in [3.63, 3.8) is 0 Å². The standard InChI is InChI=1S/C19H28N2O5S/c1-3-4-14(2)20-19(22)15-7-9-21(10-8-15)27(23,24)16-5-6-17-18(13-16)26-12-11-25-17/h5-6,13-15H,3-4,7-12H2,1-2H3,(H,20,22)/t14-/m1/s1. The Morgan fingerprint density at radius 2 is 1.89 bits per heavy atom. The van der Waals surface area contributed by atoms with Crippen LogP contribution in [0.1, 0.15) is 39.5 Å². The summed E-state index contributed by atoms with van der Waals surface area (Å²) in [6.45, 7) is 5.65. The maximum absolute atomic E-state index is 12.9. The summed E-state index contributed by atoms with van der Waals surface area (Å²) >= 11 is 0. The van der Waals surface area contributed by atoms with Gasteiger partial charge in [-0.25, -0.2) is 8.42 Å². The van der Waals surface area contributed by atoms with Gasteiger partial charge < -0.3 is 14.8 Å². The monoisotopic (exact) mass is 396 g/mol. The highest BCUT2D eigenvalue weighted by molar-refractivity contribution is 7.89. The summed E-state index contributed by atoms with van der Waals surface area (Å²) in [4.78, 5) is 12.6. The summed E-state index contributed by atoms with van der Waals surface area (Å²) in [5, 5.41) is 3.03. The van der Waals surface area contributed by atoms with Crippen molar-refractivity contribution in [3.8, 4) is 11.5 Å². The van der Waals surface area contributed by atoms with E-state index < -0.39 is 10.0 Å². The molecule has 8 heteroatoms. The second-order valence-corrected chi connectivity index (χ2v) is 9.12. The number of nitrogens with one attached hydrogen (secondary N) is 1. The number of sulfonamides is 1. The van der Waals surface area contributed by atoms with Crippen molar-refractivity contribution in [2.75, 3.05) is 26.3 Å². The van der Waals surface area contributed by atoms with Crippen LogP contribution in [-0.4, -0.2) is 51.0 Å². The van der Waals surface area contributed by atoms with E-state index in [1.54, 1.807) is 12.1 Å². The summed E-state index contributed by atoms with van der Waals surface area (Å²) in [7, 11) is -3.61. The lowest BCUT2D eigenvalue weighted by atomic mass is 9.96. The van der Waals surface area contributed by atoms with Gasteiger partial charge in [-0.3, -0.25) is 4.79 Å². The molecule has 2 heterocycles. The van der Waals surface area contributed by atoms with E-state index >= 15 is 0 Å². The molecule has 27 heavy (non-hydrogen) atoms. The highest BCUT2D eigenvalue weighted by Gasteiger charge is 2.33. The van der Waals surface area contributed by atoms with Crippen LogP contribution in [-0.2, 0) is 14.8 Å². The molecule has 1 N–H and O–H groups in total. The van der Waals surface area contributed by atoms with Crippen LogP contribution in [0.15, 0.2) is 23.1 Å². The van der Waals surface area contributed by atoms with Crippen LogP contribution in [0, 0.1) is 5.92 Å². The van der Waals surface area contributed by atoms with Crippen LogP contribution in [0.2, 0.25) is 0 Å². The molecule has 0 aliphatic carbocycles. The van der Waals surface area contributed by atoms with E-state index in [9.17, 15) is 13.2 Å². The smallest absolute Gasteiger partial charge is 0.243 e. The molecule has 0 radical (unpaired) electrons. The van der Waals surface area contributed by atoms with Crippen molar-refractivity contribution in [2.24, 2.45) is 5.92 Å². The van der Waals surface area contributed by atoms with E-state index in [4.69, 9.17) is 9.47 Å². The Kier molecular flexibility index (Phi) is 6.26. The minimum absolute atomic E-state index is 0.0346. The number of hydrogen-bond donors (Lipinski definition) is 1. The van der Waals surface area contributed by atoms with Crippen LogP contribution in [0.3, 0.4) is 0 Å². The lowest BCUT2D eigenvalue weighted by molar-refractivity contribution is -0.126. The normalized spacial score (nSPS) is 19.5. The Hall–Kier alpha value is -1.80. The van der Waals surface area contributed by atoms with E-state index in [1.165, 1.54) is 10.4 Å². The number of benzene rings is 1. The fraction of sp³-hybridized carbons (Fsp3) is 0.632. The maximum Gasteiger partial charge on any atom is 0.243 e. The van der Waals surface area contributed by atoms with Crippen molar-refractivity contribution in [2.45, 2.75) is 50.5 Å². The molecular weight excluding hydrogens is 368 g/mol. The SMILES string of the molecule is CCC[C@@H](C)NC(=O)C1CCN(S(=O)(=O)c2ccc3c(c2)OCCO3)CC1. The number of rotatable bonds is 6. The molecule has 150 valence electrons. The molecule has 2 aliphatic rings. The van der Waals surface area contributed by atoms with Crippen LogP contribution < -0.4 is 14.8 Å². The van der Waals surface area contributed by atoms with Gasteiger partial charge in [0.1, 0.15) is 13.2 Å². The molecule has 1 aromatic rings. The third-order valence-electron chi connectivity index (χ3n) is 5.09. The number of nitrogens with zero attached hydrogens (tertiary/aromatic N) is 1. The van der Waals surface area contributed by atoms with Crippen LogP contribution in [0.25, 0.3) is 0 Å². The van der Waals surface area contributed by atoms with Crippen molar-refractivity contribution >= 4 is 15.9 Å². The number of carbonyl (C=O) groups is 1. The predicted octanol–water partition coefficient (Wildman–Crippen LogP) is 2.16. The zero-order valence-electron chi connectivity index (χ0n) is 15.9. The van der Waals surface area contributed by atoms with Crippen molar-refractivity contribution < 1.29 is 22.7 Å². The second kappa shape index (κ2) is 8.48. The average molecular weight is 397 g/mol. The summed E-state index contributed by atoms with van der Waals surface area (Å²) in [5.41, 5.74) is 0. The Morgan fingerprint density at radius 3 is 2.56 bits per heavy atom. The fourth-order valence-electron chi connectivity index (χ4n) is 3.56. The molecule has 1 saturated heterocycles. The molecule has 3 rings (SSSR count). The number of hydrogen-bond acceptors (Lipinski definition) is 5. The molecule has 0 unspecified atom stereocenters. The van der Waals surface area contributed by atoms with Gasteiger partial charge >= 0.3 is 0 Å². The molecular formula is C19H28N2O5S. The fourth-order valence-corrected chi connectivity index (χ4v) is 5.04. The highest BCUT2D eigenvalue weighted by atomic mass is 32.2. The molecule has 0 spiro atoms. The number of fused-ring (bicyclic) bond motifs is 1. The minimum atomic E-state index is -3.61. The highest BCUT2D eigenvalue weighted by Crippen LogP contribution is 2.34. The van der Waals surface area contributed by atoms with Crippen molar-refractivity contribution in [3.05, 3.63) is 18.2 Å². The van der Waals surface area contributed by atoms with Gasteiger partial charge in [0, 0.05) is 31.1 Å². The number of ether oxygens (including phenoxy) is 2. The molecule has 1 fully saturated rings. The Morgan fingerprint density at radius 1 is 1.22 bits per heavy atom. The largest absolute Gasteiger partial charge is 0.486 e. The van der Waals surface area contributed by atoms with E-state index in [-0.39, 0.29) is 22.8 Å². The molecule has 2 aliphatic heterocycles. The molecule has 0 aromatic heterocycles. The first-order chi connectivity index (χ1) is 12.9. The second-order valence-electron chi connectivity index (χ2n) is 7.18. The summed E-state index contributed by atoms with van der Waals surface area (Å²) in [5.74, 6) is 0.932. The van der Waals surface area contributed by atoms with Gasteiger partial charge in [-0.15, -0.1) is 0 Å². The quantitative estimate of drug-likeness (QED) is 0.797. The van der Waals surface area contributed by atoms with Gasteiger partial charge in [0.05, 0.1) is 4.90 Å². The van der Waals surface area contributed by atoms with Crippen molar-refractivity contribution in [1.82, 2.24) is 9.62 Å². The summed E-state index contributed by atoms with van der Waals surface area (Å²) < 4.78 is 38.3. The third kappa shape index (κ3) is 4.55. The molecule has 1 aromatic carbocycles. The lowest BCUT2D eigenvalue weighted by Gasteiger charge is -2.31. The summed E-state index contributed by atoms with van der Waals surface area (Å²) in [6, 6.07) is 4.86. The zero-order valence-corrected chi connectivity index (χ0v) is 16.8. The number of amides is 1. The zero-order chi connectivity index (χ0) is 19.4. The Labute approximate surface area is 161 Å². The van der Waals surface area contributed by atoms with Crippen molar-refractivity contribution in [1.29, 1.82) is 0 Å². The molecule has 1 amide bonds. The number of piperidine rings is 1. The molecule has 7 nitrogen and oxygen atoms in total. The van der Waals surface area contributed by atoms with Gasteiger partial charge in [0.25, 0.3) is 0 Å². The summed E-state index contributed by atoms with van der Waals surface area (Å²) in [6.07, 6.45) is 3.04. The van der Waals surface area contributed by atoms with E-state index in [0.717, 1.165) is 12.8 Å². The van der Waals surface area contributed by atoms with Gasteiger partial charge in [0.2, 0.25) is 15.9 Å². The first-order valence-electron chi connectivity index (χ1n) is 9.62. The Bertz CT molecular complexity index is 772. The van der Waals surface area contributed by atoms with E-state index in [2.05, 4.69) is 12.2 Å². The maximum atomic E-state index is 12.9. The molecule has 0 bridgehead atoms. The van der Waals surface area contributed by atoms with Gasteiger partial charge in [-0.1, -0.05) is 13.3 Å². The van der Waals surface area contributed by atoms with Crippen LogP contribution in [0.4, 0.5) is 0 Å². The van der Waals surface area contributed by atoms with E-state index in [1.807, 2.05) is 6.92 Å². The predicted molar refractivity (Wildman–Crippen MR) is 101 cm³/mol. The lowest BCUT2D eigenvalue weighted by Crippen LogP contribution is -2.44.